The third-order valence-electron chi connectivity index (χ3n) is 4.80. The molecule has 0 saturated heterocycles. The van der Waals surface area contributed by atoms with Crippen molar-refractivity contribution in [2.24, 2.45) is 0 Å². The van der Waals surface area contributed by atoms with Crippen molar-refractivity contribution < 1.29 is 14.3 Å². The number of aromatic nitrogens is 3. The maximum absolute atomic E-state index is 12.7. The van der Waals surface area contributed by atoms with Crippen LogP contribution < -0.4 is 20.1 Å². The number of aryl methyl sites for hydroxylation is 1. The van der Waals surface area contributed by atoms with E-state index >= 15 is 0 Å². The summed E-state index contributed by atoms with van der Waals surface area (Å²) in [5.74, 6) is 0.640. The van der Waals surface area contributed by atoms with Crippen LogP contribution >= 0.6 is 12.2 Å². The average molecular weight is 448 g/mol. The number of benzene rings is 3. The summed E-state index contributed by atoms with van der Waals surface area (Å²) >= 11 is 5.35. The van der Waals surface area contributed by atoms with Gasteiger partial charge in [0.25, 0.3) is 5.91 Å². The molecule has 0 spiro atoms. The molecule has 0 saturated carbocycles. The topological polar surface area (TPSA) is 90.3 Å². The van der Waals surface area contributed by atoms with Crippen molar-refractivity contribution >= 4 is 40.0 Å². The van der Waals surface area contributed by atoms with E-state index in [4.69, 9.17) is 21.7 Å². The smallest absolute Gasteiger partial charge is 0.257 e. The van der Waals surface area contributed by atoms with Crippen LogP contribution in [0.1, 0.15) is 15.9 Å². The lowest BCUT2D eigenvalue weighted by Gasteiger charge is -2.12. The second-order valence-electron chi connectivity index (χ2n) is 6.99. The zero-order valence-electron chi connectivity index (χ0n) is 17.7. The number of hydrogen-bond donors (Lipinski definition) is 2. The largest absolute Gasteiger partial charge is 0.497 e. The molecule has 0 radical (unpaired) electrons. The Kier molecular flexibility index (Phi) is 6.00. The van der Waals surface area contributed by atoms with Crippen LogP contribution in [0.4, 0.5) is 5.69 Å². The second kappa shape index (κ2) is 9.03. The van der Waals surface area contributed by atoms with Crippen LogP contribution in [0.25, 0.3) is 16.7 Å². The Morgan fingerprint density at radius 1 is 0.938 bits per heavy atom. The quantitative estimate of drug-likeness (QED) is 0.449. The number of nitrogens with zero attached hydrogens (tertiary/aromatic N) is 3. The van der Waals surface area contributed by atoms with Gasteiger partial charge in [-0.15, -0.1) is 10.2 Å². The van der Waals surface area contributed by atoms with Crippen LogP contribution in [-0.2, 0) is 0 Å². The van der Waals surface area contributed by atoms with Gasteiger partial charge in [-0.2, -0.15) is 4.80 Å². The molecule has 0 bridgehead atoms. The molecule has 1 heterocycles. The standard InChI is InChI=1S/C23H21N5O3S/c1-14-9-20-21(27-28(26-20)16-7-5-4-6-8-16)13-19(14)24-23(32)25-22(29)15-10-17(30-2)12-18(11-15)31-3/h4-13H,1-3H3,(H2,24,25,29,32). The summed E-state index contributed by atoms with van der Waals surface area (Å²) in [5, 5.41) is 15.0. The zero-order chi connectivity index (χ0) is 22.7. The zero-order valence-corrected chi connectivity index (χ0v) is 18.6. The van der Waals surface area contributed by atoms with Crippen molar-refractivity contribution in [3.8, 4) is 17.2 Å². The van der Waals surface area contributed by atoms with Gasteiger partial charge in [0.05, 0.1) is 19.9 Å². The molecule has 1 amide bonds. The summed E-state index contributed by atoms with van der Waals surface area (Å²) in [6, 6.07) is 18.3. The molecular weight excluding hydrogens is 426 g/mol. The van der Waals surface area contributed by atoms with Gasteiger partial charge in [-0.25, -0.2) is 0 Å². The first-order valence-electron chi connectivity index (χ1n) is 9.75. The minimum Gasteiger partial charge on any atom is -0.497 e. The molecule has 0 aliphatic heterocycles. The summed E-state index contributed by atoms with van der Waals surface area (Å²) in [6.07, 6.45) is 0. The molecule has 0 unspecified atom stereocenters. The van der Waals surface area contributed by atoms with E-state index < -0.39 is 0 Å². The van der Waals surface area contributed by atoms with Gasteiger partial charge in [-0.3, -0.25) is 10.1 Å². The maximum atomic E-state index is 12.7. The lowest BCUT2D eigenvalue weighted by molar-refractivity contribution is 0.0977. The summed E-state index contributed by atoms with van der Waals surface area (Å²) < 4.78 is 10.4. The molecule has 0 aliphatic rings. The molecule has 0 aliphatic carbocycles. The molecule has 3 aromatic carbocycles. The number of methoxy groups -OCH3 is 2. The predicted molar refractivity (Wildman–Crippen MR) is 127 cm³/mol. The first-order valence-corrected chi connectivity index (χ1v) is 10.2. The monoisotopic (exact) mass is 447 g/mol. The number of anilines is 1. The number of hydrogen-bond acceptors (Lipinski definition) is 6. The van der Waals surface area contributed by atoms with Gasteiger partial charge in [0.15, 0.2) is 5.11 Å². The van der Waals surface area contributed by atoms with Crippen LogP contribution in [0.2, 0.25) is 0 Å². The summed E-state index contributed by atoms with van der Waals surface area (Å²) in [4.78, 5) is 14.3. The number of rotatable bonds is 5. The number of para-hydroxylation sites is 1. The Labute approximate surface area is 190 Å². The number of amides is 1. The highest BCUT2D eigenvalue weighted by Crippen LogP contribution is 2.24. The number of thiocarbonyl (C=S) groups is 1. The van der Waals surface area contributed by atoms with Crippen LogP contribution in [0.15, 0.2) is 60.7 Å². The fraction of sp³-hybridized carbons (Fsp3) is 0.130. The lowest BCUT2D eigenvalue weighted by Crippen LogP contribution is -2.34. The molecule has 4 aromatic rings. The minimum atomic E-state index is -0.381. The molecule has 162 valence electrons. The van der Waals surface area contributed by atoms with Gasteiger partial charge in [-0.1, -0.05) is 18.2 Å². The molecule has 1 aromatic heterocycles. The van der Waals surface area contributed by atoms with Gasteiger partial charge in [0, 0.05) is 17.3 Å². The SMILES string of the molecule is COc1cc(OC)cc(C(=O)NC(=S)Nc2cc3nn(-c4ccccc4)nc3cc2C)c1. The molecule has 0 atom stereocenters. The number of carbonyl (C=O) groups is 1. The molecule has 32 heavy (non-hydrogen) atoms. The van der Waals surface area contributed by atoms with Crippen molar-refractivity contribution in [3.63, 3.8) is 0 Å². The third kappa shape index (κ3) is 4.52. The van der Waals surface area contributed by atoms with Gasteiger partial charge in [0.2, 0.25) is 0 Å². The Balaban J connectivity index is 1.52. The molecule has 2 N–H and O–H groups in total. The van der Waals surface area contributed by atoms with E-state index in [0.29, 0.717) is 22.6 Å². The summed E-state index contributed by atoms with van der Waals surface area (Å²) in [5.41, 5.74) is 4.34. The normalized spacial score (nSPS) is 10.6. The minimum absolute atomic E-state index is 0.162. The van der Waals surface area contributed by atoms with Crippen LogP contribution in [-0.4, -0.2) is 40.2 Å². The highest BCUT2D eigenvalue weighted by molar-refractivity contribution is 7.80. The lowest BCUT2D eigenvalue weighted by atomic mass is 10.1. The molecule has 8 nitrogen and oxygen atoms in total. The highest BCUT2D eigenvalue weighted by atomic mass is 32.1. The van der Waals surface area contributed by atoms with Crippen molar-refractivity contribution in [2.75, 3.05) is 19.5 Å². The molecular formula is C23H21N5O3S. The fourth-order valence-corrected chi connectivity index (χ4v) is 3.35. The summed E-state index contributed by atoms with van der Waals surface area (Å²) in [6.45, 7) is 1.93. The Hall–Kier alpha value is -3.98. The number of carbonyl (C=O) groups excluding carboxylic acids is 1. The van der Waals surface area contributed by atoms with E-state index in [1.807, 2.05) is 49.4 Å². The predicted octanol–water partition coefficient (Wildman–Crippen LogP) is 3.87. The van der Waals surface area contributed by atoms with Gasteiger partial charge in [0.1, 0.15) is 22.5 Å². The van der Waals surface area contributed by atoms with Crippen LogP contribution in [0, 0.1) is 6.92 Å². The molecule has 4 rings (SSSR count). The Bertz CT molecular complexity index is 1280. The van der Waals surface area contributed by atoms with E-state index in [0.717, 1.165) is 22.5 Å². The molecule has 0 fully saturated rings. The number of ether oxygens (including phenoxy) is 2. The van der Waals surface area contributed by atoms with Gasteiger partial charge < -0.3 is 14.8 Å². The average Bonchev–Trinajstić information content (AvgIpc) is 3.22. The highest BCUT2D eigenvalue weighted by Gasteiger charge is 2.13. The first-order chi connectivity index (χ1) is 15.5. The van der Waals surface area contributed by atoms with Crippen LogP contribution in [0.3, 0.4) is 0 Å². The maximum Gasteiger partial charge on any atom is 0.257 e. The number of fused-ring (bicyclic) bond motifs is 1. The van der Waals surface area contributed by atoms with E-state index in [1.54, 1.807) is 23.0 Å². The third-order valence-corrected chi connectivity index (χ3v) is 5.01. The first kappa shape index (κ1) is 21.3. The molecule has 9 heteroatoms. The number of nitrogens with one attached hydrogen (secondary N) is 2. The van der Waals surface area contributed by atoms with Crippen molar-refractivity contribution in [1.82, 2.24) is 20.3 Å². The fourth-order valence-electron chi connectivity index (χ4n) is 3.15. The van der Waals surface area contributed by atoms with Gasteiger partial charge >= 0.3 is 0 Å². The van der Waals surface area contributed by atoms with E-state index in [-0.39, 0.29) is 11.0 Å². The van der Waals surface area contributed by atoms with E-state index in [1.165, 1.54) is 14.2 Å². The van der Waals surface area contributed by atoms with Crippen molar-refractivity contribution in [1.29, 1.82) is 0 Å². The van der Waals surface area contributed by atoms with E-state index in [9.17, 15) is 4.79 Å². The van der Waals surface area contributed by atoms with Gasteiger partial charge in [-0.05, 0) is 61.1 Å². The summed E-state index contributed by atoms with van der Waals surface area (Å²) in [7, 11) is 3.05. The van der Waals surface area contributed by atoms with E-state index in [2.05, 4.69) is 20.8 Å². The second-order valence-corrected chi connectivity index (χ2v) is 7.40. The Morgan fingerprint density at radius 2 is 1.56 bits per heavy atom. The van der Waals surface area contributed by atoms with Crippen molar-refractivity contribution in [3.05, 3.63) is 71.8 Å². The Morgan fingerprint density at radius 3 is 2.19 bits per heavy atom. The van der Waals surface area contributed by atoms with Crippen molar-refractivity contribution in [2.45, 2.75) is 6.92 Å². The van der Waals surface area contributed by atoms with Crippen LogP contribution in [0.5, 0.6) is 11.5 Å².